The van der Waals surface area contributed by atoms with Crippen LogP contribution in [0.1, 0.15) is 30.1 Å². The summed E-state index contributed by atoms with van der Waals surface area (Å²) < 4.78 is 0. The van der Waals surface area contributed by atoms with Crippen molar-refractivity contribution >= 4 is 34.0 Å². The lowest BCUT2D eigenvalue weighted by molar-refractivity contribution is 0.156. The van der Waals surface area contributed by atoms with Gasteiger partial charge in [-0.2, -0.15) is 0 Å². The number of hydrogen-bond donors (Lipinski definition) is 1. The Kier molecular flexibility index (Phi) is 5.85. The number of fused-ring (bicyclic) bond motifs is 1. The number of aliphatic hydroxyl groups is 1. The highest BCUT2D eigenvalue weighted by atomic mass is 79.9. The second-order valence-corrected chi connectivity index (χ2v) is 3.11. The molecule has 1 nitrogen and oxygen atoms in total. The second-order valence-electron chi connectivity index (χ2n) is 3.11. The van der Waals surface area contributed by atoms with Crippen molar-refractivity contribution in [3.8, 4) is 0 Å². The van der Waals surface area contributed by atoms with Crippen LogP contribution in [0.4, 0.5) is 0 Å². The van der Waals surface area contributed by atoms with Crippen LogP contribution in [0.2, 0.25) is 0 Å². The Morgan fingerprint density at radius 3 is 2.54 bits per heavy atom. The molecule has 0 saturated heterocycles. The number of rotatable bonds is 0. The highest BCUT2D eigenvalue weighted by molar-refractivity contribution is 8.93. The molecule has 0 bridgehead atoms. The first kappa shape index (κ1) is 13.1. The van der Waals surface area contributed by atoms with Crippen molar-refractivity contribution in [2.45, 2.75) is 25.4 Å². The van der Waals surface area contributed by atoms with Crippen molar-refractivity contribution in [3.05, 3.63) is 35.4 Å². The summed E-state index contributed by atoms with van der Waals surface area (Å²) in [5.41, 5.74) is 2.46. The third kappa shape index (κ3) is 2.79. The van der Waals surface area contributed by atoms with Crippen molar-refractivity contribution in [2.75, 3.05) is 0 Å². The largest absolute Gasteiger partial charge is 0.388 e. The van der Waals surface area contributed by atoms with Gasteiger partial charge >= 0.3 is 0 Å². The average Bonchev–Trinajstić information content (AvgIpc) is 2.06. The molecular formula is C10H14Br2O. The Morgan fingerprint density at radius 1 is 1.15 bits per heavy atom. The van der Waals surface area contributed by atoms with E-state index in [9.17, 15) is 5.11 Å². The summed E-state index contributed by atoms with van der Waals surface area (Å²) in [5.74, 6) is 0. The minimum absolute atomic E-state index is 0. The molecule has 0 heterocycles. The summed E-state index contributed by atoms with van der Waals surface area (Å²) >= 11 is 0. The lowest BCUT2D eigenvalue weighted by Gasteiger charge is -2.20. The molecule has 0 fully saturated rings. The molecule has 13 heavy (non-hydrogen) atoms. The fourth-order valence-electron chi connectivity index (χ4n) is 1.73. The fourth-order valence-corrected chi connectivity index (χ4v) is 1.73. The number of hydrogen-bond acceptors (Lipinski definition) is 1. The van der Waals surface area contributed by atoms with E-state index in [1.54, 1.807) is 0 Å². The first-order valence-corrected chi connectivity index (χ1v) is 4.14. The number of benzene rings is 1. The van der Waals surface area contributed by atoms with E-state index < -0.39 is 0 Å². The van der Waals surface area contributed by atoms with Gasteiger partial charge in [-0.1, -0.05) is 24.3 Å². The molecule has 1 aromatic rings. The van der Waals surface area contributed by atoms with Gasteiger partial charge in [-0.3, -0.25) is 0 Å². The summed E-state index contributed by atoms with van der Waals surface area (Å²) in [5, 5.41) is 9.56. The van der Waals surface area contributed by atoms with Gasteiger partial charge in [-0.15, -0.1) is 34.0 Å². The highest BCUT2D eigenvalue weighted by Gasteiger charge is 2.15. The smallest absolute Gasteiger partial charge is 0.0792 e. The van der Waals surface area contributed by atoms with Crippen molar-refractivity contribution < 1.29 is 5.11 Å². The summed E-state index contributed by atoms with van der Waals surface area (Å²) in [6.07, 6.45) is 2.97. The number of aryl methyl sites for hydroxylation is 1. The molecule has 0 amide bonds. The molecular weight excluding hydrogens is 296 g/mol. The molecule has 3 heteroatoms. The molecule has 0 aliphatic heterocycles. The fraction of sp³-hybridized carbons (Fsp3) is 0.400. The molecule has 0 radical (unpaired) electrons. The zero-order valence-electron chi connectivity index (χ0n) is 7.27. The van der Waals surface area contributed by atoms with Gasteiger partial charge in [0.2, 0.25) is 0 Å². The van der Waals surface area contributed by atoms with Gasteiger partial charge in [0.25, 0.3) is 0 Å². The van der Waals surface area contributed by atoms with Crippen LogP contribution in [-0.2, 0) is 6.42 Å². The Hall–Kier alpha value is 0.140. The van der Waals surface area contributed by atoms with Gasteiger partial charge in [0.15, 0.2) is 0 Å². The zero-order valence-corrected chi connectivity index (χ0v) is 10.7. The maximum absolute atomic E-state index is 9.56. The first-order valence-electron chi connectivity index (χ1n) is 4.14. The molecule has 1 atom stereocenters. The van der Waals surface area contributed by atoms with Crippen molar-refractivity contribution in [1.82, 2.24) is 0 Å². The van der Waals surface area contributed by atoms with Gasteiger partial charge in [0.1, 0.15) is 0 Å². The lowest BCUT2D eigenvalue weighted by Crippen LogP contribution is -2.08. The number of aliphatic hydroxyl groups excluding tert-OH is 1. The number of halogens is 2. The van der Waals surface area contributed by atoms with E-state index in [2.05, 4.69) is 6.07 Å². The Labute approximate surface area is 99.7 Å². The van der Waals surface area contributed by atoms with E-state index in [0.717, 1.165) is 24.8 Å². The maximum Gasteiger partial charge on any atom is 0.0792 e. The van der Waals surface area contributed by atoms with Gasteiger partial charge < -0.3 is 5.11 Å². The van der Waals surface area contributed by atoms with Crippen LogP contribution in [0.3, 0.4) is 0 Å². The van der Waals surface area contributed by atoms with Crippen LogP contribution >= 0.6 is 34.0 Å². The Bertz CT molecular complexity index is 263. The summed E-state index contributed by atoms with van der Waals surface area (Å²) in [7, 11) is 0. The van der Waals surface area contributed by atoms with Gasteiger partial charge in [-0.05, 0) is 30.4 Å². The summed E-state index contributed by atoms with van der Waals surface area (Å²) in [6.45, 7) is 0. The molecule has 1 unspecified atom stereocenters. The van der Waals surface area contributed by atoms with Crippen molar-refractivity contribution in [2.24, 2.45) is 0 Å². The van der Waals surface area contributed by atoms with E-state index in [1.807, 2.05) is 18.2 Å². The first-order chi connectivity index (χ1) is 5.38. The highest BCUT2D eigenvalue weighted by Crippen LogP contribution is 2.28. The lowest BCUT2D eigenvalue weighted by atomic mass is 9.90. The molecule has 1 aliphatic carbocycles. The third-order valence-electron chi connectivity index (χ3n) is 2.34. The van der Waals surface area contributed by atoms with Crippen LogP contribution in [-0.4, -0.2) is 5.11 Å². The topological polar surface area (TPSA) is 20.2 Å². The molecule has 2 rings (SSSR count). The zero-order chi connectivity index (χ0) is 7.68. The van der Waals surface area contributed by atoms with Crippen molar-refractivity contribution in [3.63, 3.8) is 0 Å². The van der Waals surface area contributed by atoms with Crippen LogP contribution in [0, 0.1) is 0 Å². The van der Waals surface area contributed by atoms with Crippen molar-refractivity contribution in [1.29, 1.82) is 0 Å². The Balaban J connectivity index is 0.000000720. The van der Waals surface area contributed by atoms with Crippen LogP contribution < -0.4 is 0 Å². The van der Waals surface area contributed by atoms with Gasteiger partial charge in [0.05, 0.1) is 6.10 Å². The van der Waals surface area contributed by atoms with Crippen LogP contribution in [0.25, 0.3) is 0 Å². The van der Waals surface area contributed by atoms with Gasteiger partial charge in [0, 0.05) is 0 Å². The van der Waals surface area contributed by atoms with E-state index in [4.69, 9.17) is 0 Å². The molecule has 74 valence electrons. The summed E-state index contributed by atoms with van der Waals surface area (Å²) in [4.78, 5) is 0. The molecule has 0 saturated carbocycles. The molecule has 1 aromatic carbocycles. The maximum atomic E-state index is 9.56. The second kappa shape index (κ2) is 5.78. The normalized spacial score (nSPS) is 19.3. The van der Waals surface area contributed by atoms with Crippen LogP contribution in [0.15, 0.2) is 24.3 Å². The predicted octanol–water partition coefficient (Wildman–Crippen LogP) is 3.21. The molecule has 1 aliphatic rings. The minimum Gasteiger partial charge on any atom is -0.388 e. The molecule has 1 N–H and O–H groups in total. The summed E-state index contributed by atoms with van der Waals surface area (Å²) in [6, 6.07) is 8.17. The molecule has 0 spiro atoms. The quantitative estimate of drug-likeness (QED) is 0.780. The average molecular weight is 310 g/mol. The predicted molar refractivity (Wildman–Crippen MR) is 65.0 cm³/mol. The van der Waals surface area contributed by atoms with E-state index in [1.165, 1.54) is 5.56 Å². The standard InChI is InChI=1S/C10H12O.2BrH/c11-10-7-3-5-8-4-1-2-6-9(8)10;;/h1-2,4,6,10-11H,3,5,7H2;2*1H. The van der Waals surface area contributed by atoms with E-state index >= 15 is 0 Å². The van der Waals surface area contributed by atoms with Crippen LogP contribution in [0.5, 0.6) is 0 Å². The molecule has 0 aromatic heterocycles. The monoisotopic (exact) mass is 308 g/mol. The SMILES string of the molecule is Br.Br.OC1CCCc2ccccc21. The van der Waals surface area contributed by atoms with E-state index in [0.29, 0.717) is 0 Å². The Morgan fingerprint density at radius 2 is 1.85 bits per heavy atom. The minimum atomic E-state index is -0.208. The third-order valence-corrected chi connectivity index (χ3v) is 2.34. The van der Waals surface area contributed by atoms with Gasteiger partial charge in [-0.25, -0.2) is 0 Å². The van der Waals surface area contributed by atoms with E-state index in [-0.39, 0.29) is 40.1 Å².